The molecule has 0 fully saturated rings. The molecule has 0 saturated heterocycles. The van der Waals surface area contributed by atoms with E-state index in [2.05, 4.69) is 0 Å². The summed E-state index contributed by atoms with van der Waals surface area (Å²) in [6.07, 6.45) is 0. The van der Waals surface area contributed by atoms with E-state index in [1.54, 1.807) is 13.0 Å². The summed E-state index contributed by atoms with van der Waals surface area (Å²) in [6, 6.07) is 4.57. The van der Waals surface area contributed by atoms with Gasteiger partial charge in [-0.25, -0.2) is 0 Å². The maximum atomic E-state index is 10.4. The predicted octanol–water partition coefficient (Wildman–Crippen LogP) is 2.30. The van der Waals surface area contributed by atoms with Crippen LogP contribution in [0.2, 0.25) is 0 Å². The topological polar surface area (TPSA) is 52.4 Å². The van der Waals surface area contributed by atoms with E-state index < -0.39 is 4.92 Å². The van der Waals surface area contributed by atoms with E-state index in [-0.39, 0.29) is 5.69 Å². The van der Waals surface area contributed by atoms with Crippen LogP contribution in [0.4, 0.5) is 5.69 Å². The number of nitrogens with zero attached hydrogens (tertiary/aromatic N) is 1. The summed E-state index contributed by atoms with van der Waals surface area (Å²) in [7, 11) is 0. The minimum atomic E-state index is -0.414. The molecule has 0 aliphatic carbocycles. The van der Waals surface area contributed by atoms with Crippen LogP contribution in [0.1, 0.15) is 12.5 Å². The second-order valence-electron chi connectivity index (χ2n) is 2.64. The highest BCUT2D eigenvalue weighted by molar-refractivity contribution is 5.42. The first kappa shape index (κ1) is 9.51. The van der Waals surface area contributed by atoms with Crippen LogP contribution in [0.5, 0.6) is 5.75 Å². The van der Waals surface area contributed by atoms with E-state index in [0.29, 0.717) is 12.4 Å². The summed E-state index contributed by atoms with van der Waals surface area (Å²) in [5.41, 5.74) is 0.886. The Labute approximate surface area is 76.3 Å². The second-order valence-corrected chi connectivity index (χ2v) is 2.64. The predicted molar refractivity (Wildman–Crippen MR) is 49.0 cm³/mol. The van der Waals surface area contributed by atoms with Crippen LogP contribution in [0.25, 0.3) is 0 Å². The van der Waals surface area contributed by atoms with E-state index in [9.17, 15) is 10.1 Å². The maximum Gasteiger partial charge on any atom is 0.269 e. The van der Waals surface area contributed by atoms with Crippen molar-refractivity contribution in [2.24, 2.45) is 0 Å². The van der Waals surface area contributed by atoms with E-state index in [4.69, 9.17) is 4.74 Å². The van der Waals surface area contributed by atoms with Gasteiger partial charge in [-0.3, -0.25) is 10.1 Å². The highest BCUT2D eigenvalue weighted by atomic mass is 16.6. The zero-order valence-electron chi connectivity index (χ0n) is 7.61. The summed E-state index contributed by atoms with van der Waals surface area (Å²) in [6.45, 7) is 4.23. The Morgan fingerprint density at radius 2 is 2.23 bits per heavy atom. The lowest BCUT2D eigenvalue weighted by Crippen LogP contribution is -1.95. The van der Waals surface area contributed by atoms with Crippen LogP contribution in [-0.2, 0) is 0 Å². The molecule has 0 aliphatic heterocycles. The molecule has 1 aromatic carbocycles. The first-order valence-electron chi connectivity index (χ1n) is 4.03. The number of nitro benzene ring substituents is 1. The van der Waals surface area contributed by atoms with Crippen molar-refractivity contribution in [3.63, 3.8) is 0 Å². The zero-order chi connectivity index (χ0) is 9.84. The van der Waals surface area contributed by atoms with Gasteiger partial charge in [0, 0.05) is 12.1 Å². The molecule has 0 aromatic heterocycles. The molecular formula is C9H11NO3. The van der Waals surface area contributed by atoms with Crippen LogP contribution in [0.3, 0.4) is 0 Å². The monoisotopic (exact) mass is 181 g/mol. The number of rotatable bonds is 3. The SMILES string of the molecule is CCOc1ccc([N+](=O)[O-])cc1C. The van der Waals surface area contributed by atoms with Crippen molar-refractivity contribution < 1.29 is 9.66 Å². The minimum Gasteiger partial charge on any atom is -0.494 e. The average Bonchev–Trinajstić information content (AvgIpc) is 2.08. The lowest BCUT2D eigenvalue weighted by Gasteiger charge is -2.05. The Morgan fingerprint density at radius 1 is 1.54 bits per heavy atom. The van der Waals surface area contributed by atoms with Crippen LogP contribution in [0.15, 0.2) is 18.2 Å². The number of nitro groups is 1. The summed E-state index contributed by atoms with van der Waals surface area (Å²) in [5, 5.41) is 10.4. The maximum absolute atomic E-state index is 10.4. The van der Waals surface area contributed by atoms with Gasteiger partial charge in [0.1, 0.15) is 5.75 Å². The van der Waals surface area contributed by atoms with Gasteiger partial charge in [-0.05, 0) is 25.5 Å². The van der Waals surface area contributed by atoms with Crippen LogP contribution < -0.4 is 4.74 Å². The van der Waals surface area contributed by atoms with Crippen molar-refractivity contribution in [1.29, 1.82) is 0 Å². The van der Waals surface area contributed by atoms with Gasteiger partial charge in [0.25, 0.3) is 5.69 Å². The summed E-state index contributed by atoms with van der Waals surface area (Å²) in [5.74, 6) is 0.702. The normalized spacial score (nSPS) is 9.69. The number of benzene rings is 1. The van der Waals surface area contributed by atoms with Crippen LogP contribution >= 0.6 is 0 Å². The zero-order valence-corrected chi connectivity index (χ0v) is 7.61. The molecule has 0 aliphatic rings. The Morgan fingerprint density at radius 3 is 2.69 bits per heavy atom. The first-order chi connectivity index (χ1) is 6.15. The molecule has 0 unspecified atom stereocenters. The van der Waals surface area contributed by atoms with Crippen LogP contribution in [-0.4, -0.2) is 11.5 Å². The molecule has 0 atom stereocenters. The Hall–Kier alpha value is -1.58. The molecule has 13 heavy (non-hydrogen) atoms. The van der Waals surface area contributed by atoms with E-state index in [1.807, 2.05) is 6.92 Å². The van der Waals surface area contributed by atoms with Gasteiger partial charge < -0.3 is 4.74 Å². The molecule has 0 N–H and O–H groups in total. The minimum absolute atomic E-state index is 0.0981. The van der Waals surface area contributed by atoms with Crippen molar-refractivity contribution in [2.45, 2.75) is 13.8 Å². The highest BCUT2D eigenvalue weighted by Crippen LogP contribution is 2.22. The van der Waals surface area contributed by atoms with Crippen molar-refractivity contribution in [1.82, 2.24) is 0 Å². The molecular weight excluding hydrogens is 170 g/mol. The second kappa shape index (κ2) is 3.89. The average molecular weight is 181 g/mol. The van der Waals surface area contributed by atoms with Gasteiger partial charge in [0.15, 0.2) is 0 Å². The van der Waals surface area contributed by atoms with Crippen molar-refractivity contribution >= 4 is 5.69 Å². The number of hydrogen-bond donors (Lipinski definition) is 0. The molecule has 0 spiro atoms. The molecule has 0 heterocycles. The fraction of sp³-hybridized carbons (Fsp3) is 0.333. The Bertz CT molecular complexity index is 323. The van der Waals surface area contributed by atoms with Gasteiger partial charge in [0.05, 0.1) is 11.5 Å². The van der Waals surface area contributed by atoms with Crippen LogP contribution in [0, 0.1) is 17.0 Å². The third-order valence-electron chi connectivity index (χ3n) is 1.67. The largest absolute Gasteiger partial charge is 0.494 e. The molecule has 0 radical (unpaired) electrons. The molecule has 4 nitrogen and oxygen atoms in total. The van der Waals surface area contributed by atoms with Crippen molar-refractivity contribution in [3.05, 3.63) is 33.9 Å². The lowest BCUT2D eigenvalue weighted by atomic mass is 10.2. The van der Waals surface area contributed by atoms with Gasteiger partial charge in [-0.2, -0.15) is 0 Å². The standard InChI is InChI=1S/C9H11NO3/c1-3-13-9-5-4-8(10(11)12)6-7(9)2/h4-6H,3H2,1-2H3. The van der Waals surface area contributed by atoms with Gasteiger partial charge in [-0.15, -0.1) is 0 Å². The molecule has 4 heteroatoms. The van der Waals surface area contributed by atoms with Crippen molar-refractivity contribution in [3.8, 4) is 5.75 Å². The third-order valence-corrected chi connectivity index (χ3v) is 1.67. The fourth-order valence-corrected chi connectivity index (χ4v) is 1.06. The number of hydrogen-bond acceptors (Lipinski definition) is 3. The molecule has 1 rings (SSSR count). The van der Waals surface area contributed by atoms with Gasteiger partial charge >= 0.3 is 0 Å². The summed E-state index contributed by atoms with van der Waals surface area (Å²) in [4.78, 5) is 9.97. The number of non-ortho nitro benzene ring substituents is 1. The number of aryl methyl sites for hydroxylation is 1. The molecule has 70 valence electrons. The third kappa shape index (κ3) is 2.18. The first-order valence-corrected chi connectivity index (χ1v) is 4.03. The van der Waals surface area contributed by atoms with Gasteiger partial charge in [-0.1, -0.05) is 0 Å². The number of ether oxygens (including phenoxy) is 1. The van der Waals surface area contributed by atoms with E-state index >= 15 is 0 Å². The summed E-state index contributed by atoms with van der Waals surface area (Å²) < 4.78 is 5.25. The Kier molecular flexibility index (Phi) is 2.84. The lowest BCUT2D eigenvalue weighted by molar-refractivity contribution is -0.384. The molecule has 1 aromatic rings. The molecule has 0 bridgehead atoms. The quantitative estimate of drug-likeness (QED) is 0.531. The van der Waals surface area contributed by atoms with E-state index in [1.165, 1.54) is 12.1 Å². The van der Waals surface area contributed by atoms with E-state index in [0.717, 1.165) is 5.56 Å². The van der Waals surface area contributed by atoms with Gasteiger partial charge in [0.2, 0.25) is 0 Å². The smallest absolute Gasteiger partial charge is 0.269 e. The molecule has 0 amide bonds. The highest BCUT2D eigenvalue weighted by Gasteiger charge is 2.07. The summed E-state index contributed by atoms with van der Waals surface area (Å²) >= 11 is 0. The Balaban J connectivity index is 2.98. The fourth-order valence-electron chi connectivity index (χ4n) is 1.06. The molecule has 0 saturated carbocycles. The van der Waals surface area contributed by atoms with Crippen molar-refractivity contribution in [2.75, 3.05) is 6.61 Å².